The first-order valence-electron chi connectivity index (χ1n) is 15.3. The monoisotopic (exact) mass is 698 g/mol. The zero-order chi connectivity index (χ0) is 36.7. The van der Waals surface area contributed by atoms with Crippen LogP contribution in [0.15, 0.2) is 60.7 Å². The van der Waals surface area contributed by atoms with Crippen LogP contribution in [0.2, 0.25) is 0 Å². The van der Waals surface area contributed by atoms with Crippen molar-refractivity contribution in [3.63, 3.8) is 0 Å². The second-order valence-electron chi connectivity index (χ2n) is 10.6. The topological polar surface area (TPSA) is 154 Å². The molecule has 1 saturated heterocycles. The number of amides is 3. The Morgan fingerprint density at radius 3 is 2.00 bits per heavy atom. The minimum atomic E-state index is -1.07. The highest BCUT2D eigenvalue weighted by molar-refractivity contribution is 6.08. The van der Waals surface area contributed by atoms with Crippen LogP contribution in [0.1, 0.15) is 67.3 Å². The van der Waals surface area contributed by atoms with Crippen LogP contribution in [0.3, 0.4) is 0 Å². The van der Waals surface area contributed by atoms with E-state index < -0.39 is 35.5 Å². The van der Waals surface area contributed by atoms with Gasteiger partial charge in [0.25, 0.3) is 5.91 Å². The number of nitrogens with zero attached hydrogens (tertiary/aromatic N) is 3. The molecule has 0 unspecified atom stereocenters. The summed E-state index contributed by atoms with van der Waals surface area (Å²) in [5.74, 6) is -5.04. The first-order valence-corrected chi connectivity index (χ1v) is 15.3. The third-order valence-electron chi connectivity index (χ3n) is 7.00. The predicted octanol–water partition coefficient (Wildman–Crippen LogP) is 4.79. The number of rotatable bonds is 8. The van der Waals surface area contributed by atoms with E-state index in [1.807, 2.05) is 19.9 Å². The molecular weight excluding hydrogens is 654 g/mol. The molecule has 50 heavy (non-hydrogen) atoms. The maximum Gasteiger partial charge on any atom is 0.319 e. The van der Waals surface area contributed by atoms with Gasteiger partial charge < -0.3 is 14.8 Å². The minimum absolute atomic E-state index is 0. The summed E-state index contributed by atoms with van der Waals surface area (Å²) in [4.78, 5) is 70.0. The number of carbonyl (C=O) groups is 6. The number of hydrogen-bond donors (Lipinski definition) is 1. The Hall–Kier alpha value is -5.53. The number of ether oxygens (including phenoxy) is 2. The lowest BCUT2D eigenvalue weighted by Crippen LogP contribution is -2.49. The lowest BCUT2D eigenvalue weighted by Gasteiger charge is -2.33. The smallest absolute Gasteiger partial charge is 0.319 e. The van der Waals surface area contributed by atoms with Crippen molar-refractivity contribution in [2.24, 2.45) is 5.92 Å². The van der Waals surface area contributed by atoms with Gasteiger partial charge in [-0.25, -0.2) is 13.5 Å². The van der Waals surface area contributed by atoms with E-state index in [0.717, 1.165) is 21.9 Å². The van der Waals surface area contributed by atoms with E-state index in [1.54, 1.807) is 32.1 Å². The molecule has 1 fully saturated rings. The van der Waals surface area contributed by atoms with Crippen LogP contribution in [-0.4, -0.2) is 77.6 Å². The van der Waals surface area contributed by atoms with Crippen molar-refractivity contribution in [2.45, 2.75) is 53.9 Å². The average molecular weight is 699 g/mol. The first kappa shape index (κ1) is 42.5. The Bertz CT molecular complexity index is 1650. The summed E-state index contributed by atoms with van der Waals surface area (Å²) in [5, 5.41) is 6.41. The van der Waals surface area contributed by atoms with Gasteiger partial charge in [0, 0.05) is 38.2 Å². The summed E-state index contributed by atoms with van der Waals surface area (Å²) in [6, 6.07) is 13.2. The molecule has 2 heterocycles. The molecule has 2 aromatic carbocycles. The molecule has 1 aliphatic heterocycles. The van der Waals surface area contributed by atoms with Gasteiger partial charge in [-0.2, -0.15) is 5.10 Å². The number of carbonyl (C=O) groups excluding carboxylic acids is 6. The van der Waals surface area contributed by atoms with Crippen molar-refractivity contribution in [1.82, 2.24) is 20.0 Å². The minimum Gasteiger partial charge on any atom is -0.466 e. The largest absolute Gasteiger partial charge is 0.466 e. The van der Waals surface area contributed by atoms with Gasteiger partial charge in [-0.05, 0) is 75.2 Å². The zero-order valence-electron chi connectivity index (χ0n) is 28.2. The van der Waals surface area contributed by atoms with Crippen LogP contribution in [0.25, 0.3) is 6.08 Å². The molecule has 1 N–H and O–H groups in total. The highest BCUT2D eigenvalue weighted by Gasteiger charge is 2.45. The van der Waals surface area contributed by atoms with Crippen LogP contribution >= 0.6 is 0 Å². The van der Waals surface area contributed by atoms with Gasteiger partial charge in [-0.3, -0.25) is 33.7 Å². The maximum absolute atomic E-state index is 13.0. The second-order valence-corrected chi connectivity index (χ2v) is 10.6. The molecule has 3 amide bonds. The van der Waals surface area contributed by atoms with E-state index in [1.165, 1.54) is 61.3 Å². The van der Waals surface area contributed by atoms with Crippen molar-refractivity contribution in [2.75, 3.05) is 27.3 Å². The number of aryl methyl sites for hydroxylation is 2. The molecular formula is C36H44F2N4O8. The van der Waals surface area contributed by atoms with Gasteiger partial charge in [-0.15, -0.1) is 0 Å². The summed E-state index contributed by atoms with van der Waals surface area (Å²) in [7, 11) is 2.82. The quantitative estimate of drug-likeness (QED) is 0.151. The molecule has 1 aromatic heterocycles. The Morgan fingerprint density at radius 1 is 0.940 bits per heavy atom. The van der Waals surface area contributed by atoms with E-state index >= 15 is 0 Å². The number of halogens is 2. The molecule has 0 radical (unpaired) electrons. The number of likely N-dealkylation sites (tertiary alicyclic amines) is 1. The number of aromatic nitrogens is 2. The SMILES string of the molecule is C.CCOC(=O)CC(=O)NC.CCOC(=O)[C@@H]1C(=O)N(C)C(=O)C[C@H]1c1ccc(F)cc1.Cc1cc(C)n(C(=O)/C=C/c2ccc(F)cc2)n1. The van der Waals surface area contributed by atoms with E-state index in [2.05, 4.69) is 15.2 Å². The molecule has 0 spiro atoms. The lowest BCUT2D eigenvalue weighted by molar-refractivity contribution is -0.162. The maximum atomic E-state index is 13.0. The van der Waals surface area contributed by atoms with Crippen molar-refractivity contribution in [3.8, 4) is 0 Å². The molecule has 0 aliphatic carbocycles. The Kier molecular flexibility index (Phi) is 17.6. The van der Waals surface area contributed by atoms with Crippen molar-refractivity contribution in [3.05, 3.63) is 94.8 Å². The number of benzene rings is 2. The van der Waals surface area contributed by atoms with Crippen LogP contribution in [0.4, 0.5) is 8.78 Å². The van der Waals surface area contributed by atoms with Crippen molar-refractivity contribution >= 4 is 41.6 Å². The fourth-order valence-corrected chi connectivity index (χ4v) is 4.56. The lowest BCUT2D eigenvalue weighted by atomic mass is 9.79. The molecule has 4 rings (SSSR count). The van der Waals surface area contributed by atoms with Gasteiger partial charge in [0.2, 0.25) is 17.7 Å². The predicted molar refractivity (Wildman–Crippen MR) is 181 cm³/mol. The third-order valence-corrected chi connectivity index (χ3v) is 7.00. The van der Waals surface area contributed by atoms with Gasteiger partial charge in [0.1, 0.15) is 24.0 Å². The molecule has 0 saturated carbocycles. The number of allylic oxidation sites excluding steroid dienone is 1. The molecule has 2 atom stereocenters. The second kappa shape index (κ2) is 20.8. The molecule has 0 bridgehead atoms. The van der Waals surface area contributed by atoms with E-state index in [0.29, 0.717) is 12.2 Å². The van der Waals surface area contributed by atoms with Gasteiger partial charge in [0.05, 0.1) is 18.9 Å². The summed E-state index contributed by atoms with van der Waals surface area (Å²) in [5.41, 5.74) is 2.94. The molecule has 14 heteroatoms. The fourth-order valence-electron chi connectivity index (χ4n) is 4.56. The van der Waals surface area contributed by atoms with Crippen LogP contribution in [0.5, 0.6) is 0 Å². The standard InChI is InChI=1S/C15H16FNO4.C14H13FN2O.C6H11NO3.CH4/c1-3-21-15(20)13-11(8-12(18)17(2)14(13)19)9-4-6-10(16)7-5-9;1-10-9-11(2)17(16-10)14(18)8-5-12-3-6-13(15)7-4-12;1-3-10-6(9)4-5(8)7-2;/h4-7,11,13H,3,8H2,1-2H3;3-9H,1-2H3;3-4H2,1-2H3,(H,7,8);1H4/b;8-5+;;/t11-,13-;;;/m0.../s1. The van der Waals surface area contributed by atoms with E-state index in [9.17, 15) is 37.5 Å². The number of nitrogens with one attached hydrogen (secondary N) is 1. The van der Waals surface area contributed by atoms with Gasteiger partial charge in [-0.1, -0.05) is 31.7 Å². The Labute approximate surface area is 290 Å². The normalized spacial score (nSPS) is 15.1. The van der Waals surface area contributed by atoms with Crippen LogP contribution in [-0.2, 0) is 33.4 Å². The molecule has 1 aliphatic rings. The first-order chi connectivity index (χ1) is 23.2. The highest BCUT2D eigenvalue weighted by Crippen LogP contribution is 2.35. The number of piperidine rings is 1. The van der Waals surface area contributed by atoms with Crippen molar-refractivity contribution in [1.29, 1.82) is 0 Å². The number of esters is 2. The van der Waals surface area contributed by atoms with E-state index in [-0.39, 0.29) is 50.4 Å². The van der Waals surface area contributed by atoms with E-state index in [4.69, 9.17) is 4.74 Å². The third kappa shape index (κ3) is 12.8. The summed E-state index contributed by atoms with van der Waals surface area (Å²) in [6.45, 7) is 7.46. The van der Waals surface area contributed by atoms with Crippen LogP contribution < -0.4 is 5.32 Å². The number of imide groups is 1. The fraction of sp³-hybridized carbons (Fsp3) is 0.361. The molecule has 3 aromatic rings. The average Bonchev–Trinajstić information content (AvgIpc) is 3.41. The molecule has 270 valence electrons. The highest BCUT2D eigenvalue weighted by atomic mass is 19.1. The Balaban J connectivity index is 0.000000394. The molecule has 12 nitrogen and oxygen atoms in total. The number of hydrogen-bond acceptors (Lipinski definition) is 9. The summed E-state index contributed by atoms with van der Waals surface area (Å²) in [6.07, 6.45) is 2.88. The Morgan fingerprint density at radius 2 is 1.50 bits per heavy atom. The van der Waals surface area contributed by atoms with Crippen molar-refractivity contribution < 1.29 is 47.0 Å². The summed E-state index contributed by atoms with van der Waals surface area (Å²) < 4.78 is 36.5. The summed E-state index contributed by atoms with van der Waals surface area (Å²) >= 11 is 0. The van der Waals surface area contributed by atoms with Crippen LogP contribution in [0, 0.1) is 31.4 Å². The zero-order valence-corrected chi connectivity index (χ0v) is 28.2. The van der Waals surface area contributed by atoms with Gasteiger partial charge in [0.15, 0.2) is 0 Å². The van der Waals surface area contributed by atoms with Gasteiger partial charge >= 0.3 is 11.9 Å².